The van der Waals surface area contributed by atoms with Gasteiger partial charge in [0.1, 0.15) is 18.2 Å². The monoisotopic (exact) mass is 432 g/mol. The van der Waals surface area contributed by atoms with Crippen molar-refractivity contribution in [3.8, 4) is 0 Å². The molecule has 3 aromatic rings. The van der Waals surface area contributed by atoms with Crippen LogP contribution in [-0.2, 0) is 6.18 Å². The van der Waals surface area contributed by atoms with Crippen LogP contribution in [0.4, 0.5) is 34.6 Å². The van der Waals surface area contributed by atoms with Gasteiger partial charge in [-0.25, -0.2) is 4.39 Å². The van der Waals surface area contributed by atoms with Gasteiger partial charge in [-0.1, -0.05) is 0 Å². The van der Waals surface area contributed by atoms with Gasteiger partial charge in [0.2, 0.25) is 12.4 Å². The van der Waals surface area contributed by atoms with E-state index >= 15 is 0 Å². The van der Waals surface area contributed by atoms with Gasteiger partial charge >= 0.3 is 6.18 Å². The number of amides is 1. The Bertz CT molecular complexity index is 1190. The molecule has 0 bridgehead atoms. The van der Waals surface area contributed by atoms with Crippen LogP contribution in [0.5, 0.6) is 0 Å². The second kappa shape index (κ2) is 7.26. The summed E-state index contributed by atoms with van der Waals surface area (Å²) in [6.45, 7) is 3.37. The summed E-state index contributed by atoms with van der Waals surface area (Å²) in [7, 11) is 0. The van der Waals surface area contributed by atoms with Gasteiger partial charge in [-0.3, -0.25) is 14.9 Å². The van der Waals surface area contributed by atoms with Gasteiger partial charge in [-0.05, 0) is 61.4 Å². The van der Waals surface area contributed by atoms with Crippen LogP contribution in [-0.4, -0.2) is 17.8 Å². The number of rotatable bonds is 2. The number of pyridine rings is 1. The lowest BCUT2D eigenvalue weighted by atomic mass is 10.0. The van der Waals surface area contributed by atoms with Gasteiger partial charge in [-0.15, -0.1) is 0 Å². The smallest absolute Gasteiger partial charge is 0.322 e. The molecule has 2 aromatic carbocycles. The number of fused-ring (bicyclic) bond motifs is 1. The van der Waals surface area contributed by atoms with E-state index in [4.69, 9.17) is 0 Å². The standard InChI is InChI=1S/C22H18F4N3O2/c1-13-7-8-27(31)11-20(13)29-12-28(18-6-4-16(23)9-14(18)2)19-5-3-15(22(24,25)26)10-17(19)21(29)30/h3-11,31H,12H2,1-2H3/q+1. The minimum atomic E-state index is -4.62. The van der Waals surface area contributed by atoms with Crippen LogP contribution in [0.15, 0.2) is 54.9 Å². The number of hydrogen-bond donors (Lipinski definition) is 1. The highest BCUT2D eigenvalue weighted by Crippen LogP contribution is 2.40. The van der Waals surface area contributed by atoms with Crippen LogP contribution in [0.3, 0.4) is 0 Å². The minimum absolute atomic E-state index is 0.0332. The molecule has 0 unspecified atom stereocenters. The first-order chi connectivity index (χ1) is 14.6. The van der Waals surface area contributed by atoms with E-state index in [9.17, 15) is 27.6 Å². The number of carbonyl (C=O) groups is 1. The number of carbonyl (C=O) groups excluding carboxylic acids is 1. The quantitative estimate of drug-likeness (QED) is 0.362. The Morgan fingerprint density at radius 2 is 1.65 bits per heavy atom. The summed E-state index contributed by atoms with van der Waals surface area (Å²) in [6.07, 6.45) is -1.93. The predicted octanol–water partition coefficient (Wildman–Crippen LogP) is 4.74. The molecule has 0 atom stereocenters. The second-order valence-corrected chi connectivity index (χ2v) is 7.36. The van der Waals surface area contributed by atoms with Crippen molar-refractivity contribution in [2.75, 3.05) is 16.5 Å². The molecule has 1 aliphatic rings. The average Bonchev–Trinajstić information content (AvgIpc) is 2.70. The molecule has 1 aromatic heterocycles. The normalized spacial score (nSPS) is 14.1. The van der Waals surface area contributed by atoms with Gasteiger partial charge < -0.3 is 4.90 Å². The van der Waals surface area contributed by atoms with E-state index in [-0.39, 0.29) is 17.9 Å². The summed E-state index contributed by atoms with van der Waals surface area (Å²) in [6, 6.07) is 8.66. The molecule has 1 aliphatic heterocycles. The summed E-state index contributed by atoms with van der Waals surface area (Å²) in [5, 5.41) is 9.83. The molecule has 0 spiro atoms. The third kappa shape index (κ3) is 3.67. The molecule has 4 rings (SSSR count). The van der Waals surface area contributed by atoms with E-state index in [1.807, 2.05) is 0 Å². The number of aromatic nitrogens is 1. The highest BCUT2D eigenvalue weighted by molar-refractivity contribution is 6.12. The Labute approximate surface area is 175 Å². The van der Waals surface area contributed by atoms with Crippen molar-refractivity contribution >= 4 is 23.0 Å². The van der Waals surface area contributed by atoms with Gasteiger partial charge in [0.15, 0.2) is 0 Å². The zero-order chi connectivity index (χ0) is 22.5. The van der Waals surface area contributed by atoms with Crippen LogP contribution in [0, 0.1) is 19.7 Å². The summed E-state index contributed by atoms with van der Waals surface area (Å²) in [5.41, 5.74) is 1.28. The first kappa shape index (κ1) is 20.6. The van der Waals surface area contributed by atoms with E-state index < -0.39 is 23.5 Å². The van der Waals surface area contributed by atoms with E-state index in [0.717, 1.165) is 16.9 Å². The van der Waals surface area contributed by atoms with Crippen LogP contribution < -0.4 is 14.5 Å². The molecule has 0 saturated carbocycles. The topological polar surface area (TPSA) is 47.7 Å². The summed E-state index contributed by atoms with van der Waals surface area (Å²) >= 11 is 0. The van der Waals surface area contributed by atoms with Crippen LogP contribution >= 0.6 is 0 Å². The van der Waals surface area contributed by atoms with Crippen LogP contribution in [0.1, 0.15) is 27.0 Å². The molecule has 0 fully saturated rings. The number of alkyl halides is 3. The molecule has 160 valence electrons. The summed E-state index contributed by atoms with van der Waals surface area (Å²) < 4.78 is 54.4. The Balaban J connectivity index is 1.93. The van der Waals surface area contributed by atoms with Crippen molar-refractivity contribution in [3.05, 3.63) is 82.9 Å². The fourth-order valence-electron chi connectivity index (χ4n) is 3.69. The predicted molar refractivity (Wildman–Crippen MR) is 105 cm³/mol. The van der Waals surface area contributed by atoms with E-state index in [2.05, 4.69) is 0 Å². The molecular weight excluding hydrogens is 414 g/mol. The molecule has 5 nitrogen and oxygen atoms in total. The summed E-state index contributed by atoms with van der Waals surface area (Å²) in [5.74, 6) is -1.08. The third-order valence-corrected chi connectivity index (χ3v) is 5.25. The Morgan fingerprint density at radius 3 is 2.32 bits per heavy atom. The lowest BCUT2D eigenvalue weighted by Gasteiger charge is -2.38. The molecule has 0 aliphatic carbocycles. The number of aryl methyl sites for hydroxylation is 2. The largest absolute Gasteiger partial charge is 0.416 e. The molecule has 0 radical (unpaired) electrons. The van der Waals surface area contributed by atoms with E-state index in [1.54, 1.807) is 24.8 Å². The van der Waals surface area contributed by atoms with Crippen molar-refractivity contribution < 1.29 is 32.3 Å². The molecular formula is C22H18F4N3O2+. The van der Waals surface area contributed by atoms with Crippen molar-refractivity contribution in [2.45, 2.75) is 20.0 Å². The molecule has 0 saturated heterocycles. The number of nitrogens with zero attached hydrogens (tertiary/aromatic N) is 3. The molecule has 9 heteroatoms. The fourth-order valence-corrected chi connectivity index (χ4v) is 3.69. The van der Waals surface area contributed by atoms with Crippen LogP contribution in [0.2, 0.25) is 0 Å². The lowest BCUT2D eigenvalue weighted by Crippen LogP contribution is -2.46. The maximum atomic E-state index is 13.7. The van der Waals surface area contributed by atoms with E-state index in [0.29, 0.717) is 22.5 Å². The number of anilines is 3. The highest BCUT2D eigenvalue weighted by Gasteiger charge is 2.37. The third-order valence-electron chi connectivity index (χ3n) is 5.25. The minimum Gasteiger partial charge on any atom is -0.322 e. The lowest BCUT2D eigenvalue weighted by molar-refractivity contribution is -0.904. The van der Waals surface area contributed by atoms with Crippen molar-refractivity contribution in [1.29, 1.82) is 0 Å². The van der Waals surface area contributed by atoms with Crippen molar-refractivity contribution in [1.82, 2.24) is 0 Å². The molecule has 31 heavy (non-hydrogen) atoms. The maximum absolute atomic E-state index is 13.7. The molecule has 1 N–H and O–H groups in total. The number of benzene rings is 2. The van der Waals surface area contributed by atoms with E-state index in [1.165, 1.54) is 41.6 Å². The van der Waals surface area contributed by atoms with Crippen molar-refractivity contribution in [2.24, 2.45) is 0 Å². The van der Waals surface area contributed by atoms with Crippen molar-refractivity contribution in [3.63, 3.8) is 0 Å². The van der Waals surface area contributed by atoms with Gasteiger partial charge in [0.25, 0.3) is 5.91 Å². The zero-order valence-corrected chi connectivity index (χ0v) is 16.6. The fraction of sp³-hybridized carbons (Fsp3) is 0.182. The van der Waals surface area contributed by atoms with Crippen LogP contribution in [0.25, 0.3) is 0 Å². The van der Waals surface area contributed by atoms with Gasteiger partial charge in [0, 0.05) is 16.5 Å². The van der Waals surface area contributed by atoms with Gasteiger partial charge in [-0.2, -0.15) is 13.2 Å². The zero-order valence-electron chi connectivity index (χ0n) is 16.6. The summed E-state index contributed by atoms with van der Waals surface area (Å²) in [4.78, 5) is 16.2. The second-order valence-electron chi connectivity index (χ2n) is 7.36. The molecule has 1 amide bonds. The van der Waals surface area contributed by atoms with Gasteiger partial charge in [0.05, 0.1) is 16.8 Å². The number of hydrogen-bond acceptors (Lipinski definition) is 3. The SMILES string of the molecule is Cc1cc[n+](O)cc1N1CN(c2ccc(F)cc2C)c2ccc(C(F)(F)F)cc2C1=O. The Kier molecular flexibility index (Phi) is 4.83. The average molecular weight is 432 g/mol. The first-order valence-corrected chi connectivity index (χ1v) is 9.34. The first-order valence-electron chi connectivity index (χ1n) is 9.34. The molecule has 2 heterocycles. The number of halogens is 4. The Hall–Kier alpha value is -3.62. The highest BCUT2D eigenvalue weighted by atomic mass is 19.4. The Morgan fingerprint density at radius 1 is 0.935 bits per heavy atom. The maximum Gasteiger partial charge on any atom is 0.416 e.